The lowest BCUT2D eigenvalue weighted by atomic mass is 10.0. The van der Waals surface area contributed by atoms with E-state index in [1.165, 1.54) is 6.20 Å². The Morgan fingerprint density at radius 1 is 1.24 bits per heavy atom. The maximum Gasteiger partial charge on any atom is 0.283 e. The van der Waals surface area contributed by atoms with Gasteiger partial charge >= 0.3 is 0 Å². The molecule has 0 aliphatic heterocycles. The highest BCUT2D eigenvalue weighted by Gasteiger charge is 2.16. The number of aliphatic hydroxyl groups is 1. The quantitative estimate of drug-likeness (QED) is 0.891. The maximum atomic E-state index is 13.6. The van der Waals surface area contributed by atoms with E-state index in [4.69, 9.17) is 0 Å². The zero-order valence-corrected chi connectivity index (χ0v) is 11.4. The zero-order valence-electron chi connectivity index (χ0n) is 11.4. The van der Waals surface area contributed by atoms with Crippen LogP contribution in [0, 0.1) is 5.82 Å². The molecule has 2 N–H and O–H groups in total. The molecular weight excluding hydrogens is 281 g/mol. The number of hydrogen-bond donors (Lipinski definition) is 2. The molecule has 1 heterocycles. The van der Waals surface area contributed by atoms with Crippen LogP contribution in [0.5, 0.6) is 0 Å². The van der Waals surface area contributed by atoms with E-state index in [-0.39, 0.29) is 0 Å². The summed E-state index contributed by atoms with van der Waals surface area (Å²) in [5.41, 5.74) is 0.788. The van der Waals surface area contributed by atoms with Gasteiger partial charge in [0, 0.05) is 18.3 Å². The molecule has 1 aromatic heterocycles. The number of alkyl halides is 2. The molecule has 6 heteroatoms. The Bertz CT molecular complexity index is 620. The van der Waals surface area contributed by atoms with Crippen LogP contribution in [0.4, 0.5) is 13.2 Å². The third kappa shape index (κ3) is 3.59. The van der Waals surface area contributed by atoms with Crippen molar-refractivity contribution in [2.24, 2.45) is 0 Å². The van der Waals surface area contributed by atoms with E-state index < -0.39 is 24.0 Å². The summed E-state index contributed by atoms with van der Waals surface area (Å²) in [4.78, 5) is 3.47. The number of likely N-dealkylation sites (N-methyl/N-ethyl adjacent to an activating group) is 1. The normalized spacial score (nSPS) is 12.7. The van der Waals surface area contributed by atoms with Crippen LogP contribution in [0.15, 0.2) is 36.5 Å². The second-order valence-electron chi connectivity index (χ2n) is 4.59. The summed E-state index contributed by atoms with van der Waals surface area (Å²) in [6.07, 6.45) is -2.44. The number of aromatic nitrogens is 1. The molecule has 0 amide bonds. The summed E-state index contributed by atoms with van der Waals surface area (Å²) in [6.45, 7) is 0.375. The molecule has 0 saturated heterocycles. The molecule has 0 spiro atoms. The van der Waals surface area contributed by atoms with E-state index in [2.05, 4.69) is 10.3 Å². The Hall–Kier alpha value is -1.92. The molecule has 0 bridgehead atoms. The lowest BCUT2D eigenvalue weighted by Gasteiger charge is -2.12. The standard InChI is InChI=1S/C15H15F3N2O/c1-19-8-13(21)10-4-2-3-9(5-10)11-6-12(16)14(15(17)18)20-7-11/h2-7,13,15,19,21H,8H2,1H3. The molecule has 2 rings (SSSR count). The van der Waals surface area contributed by atoms with Crippen molar-refractivity contribution >= 4 is 0 Å². The Kier molecular flexibility index (Phi) is 4.93. The van der Waals surface area contributed by atoms with Gasteiger partial charge < -0.3 is 10.4 Å². The third-order valence-corrected chi connectivity index (χ3v) is 3.08. The number of benzene rings is 1. The summed E-state index contributed by atoms with van der Waals surface area (Å²) >= 11 is 0. The van der Waals surface area contributed by atoms with Crippen molar-refractivity contribution in [2.45, 2.75) is 12.5 Å². The predicted octanol–water partition coefficient (Wildman–Crippen LogP) is 3.08. The Balaban J connectivity index is 2.34. The van der Waals surface area contributed by atoms with Crippen LogP contribution in [-0.2, 0) is 0 Å². The largest absolute Gasteiger partial charge is 0.387 e. The van der Waals surface area contributed by atoms with Crippen LogP contribution in [-0.4, -0.2) is 23.7 Å². The minimum Gasteiger partial charge on any atom is -0.387 e. The first-order chi connectivity index (χ1) is 10.0. The number of halogens is 3. The number of nitrogens with zero attached hydrogens (tertiary/aromatic N) is 1. The van der Waals surface area contributed by atoms with Gasteiger partial charge in [0.2, 0.25) is 0 Å². The molecule has 1 unspecified atom stereocenters. The number of nitrogens with one attached hydrogen (secondary N) is 1. The van der Waals surface area contributed by atoms with Gasteiger partial charge in [0.15, 0.2) is 5.82 Å². The second kappa shape index (κ2) is 6.69. The molecule has 0 aliphatic rings. The molecule has 1 atom stereocenters. The molecule has 2 aromatic rings. The first-order valence-corrected chi connectivity index (χ1v) is 6.39. The van der Waals surface area contributed by atoms with Crippen molar-refractivity contribution in [1.82, 2.24) is 10.3 Å². The Labute approximate surface area is 120 Å². The molecule has 1 aromatic carbocycles. The highest BCUT2D eigenvalue weighted by atomic mass is 19.3. The fourth-order valence-electron chi connectivity index (χ4n) is 2.00. The van der Waals surface area contributed by atoms with Crippen LogP contribution in [0.2, 0.25) is 0 Å². The molecule has 112 valence electrons. The maximum absolute atomic E-state index is 13.6. The first kappa shape index (κ1) is 15.5. The monoisotopic (exact) mass is 296 g/mol. The van der Waals surface area contributed by atoms with Gasteiger partial charge in [-0.05, 0) is 30.3 Å². The summed E-state index contributed by atoms with van der Waals surface area (Å²) in [5.74, 6) is -1.04. The molecular formula is C15H15F3N2O. The summed E-state index contributed by atoms with van der Waals surface area (Å²) in [7, 11) is 1.72. The van der Waals surface area contributed by atoms with Gasteiger partial charge in [-0.15, -0.1) is 0 Å². The van der Waals surface area contributed by atoms with Crippen molar-refractivity contribution in [1.29, 1.82) is 0 Å². The van der Waals surface area contributed by atoms with Crippen molar-refractivity contribution in [3.8, 4) is 11.1 Å². The van der Waals surface area contributed by atoms with Crippen LogP contribution < -0.4 is 5.32 Å². The number of hydrogen-bond acceptors (Lipinski definition) is 3. The Morgan fingerprint density at radius 2 is 2.00 bits per heavy atom. The number of aliphatic hydroxyl groups excluding tert-OH is 1. The highest BCUT2D eigenvalue weighted by Crippen LogP contribution is 2.26. The van der Waals surface area contributed by atoms with E-state index in [9.17, 15) is 18.3 Å². The average Bonchev–Trinajstić information content (AvgIpc) is 2.47. The molecule has 0 aliphatic carbocycles. The topological polar surface area (TPSA) is 45.1 Å². The van der Waals surface area contributed by atoms with Crippen LogP contribution in [0.25, 0.3) is 11.1 Å². The van der Waals surface area contributed by atoms with E-state index in [0.717, 1.165) is 6.07 Å². The van der Waals surface area contributed by atoms with Gasteiger partial charge in [-0.1, -0.05) is 18.2 Å². The van der Waals surface area contributed by atoms with Gasteiger partial charge in [0.05, 0.1) is 6.10 Å². The van der Waals surface area contributed by atoms with Gasteiger partial charge in [0.25, 0.3) is 6.43 Å². The average molecular weight is 296 g/mol. The van der Waals surface area contributed by atoms with E-state index in [0.29, 0.717) is 23.2 Å². The van der Waals surface area contributed by atoms with Gasteiger partial charge in [0.1, 0.15) is 5.69 Å². The molecule has 3 nitrogen and oxygen atoms in total. The van der Waals surface area contributed by atoms with E-state index in [1.807, 2.05) is 0 Å². The summed E-state index contributed by atoms with van der Waals surface area (Å²) in [5, 5.41) is 12.8. The van der Waals surface area contributed by atoms with Gasteiger partial charge in [-0.3, -0.25) is 4.98 Å². The predicted molar refractivity (Wildman–Crippen MR) is 73.5 cm³/mol. The van der Waals surface area contributed by atoms with Crippen LogP contribution >= 0.6 is 0 Å². The minimum absolute atomic E-state index is 0.375. The third-order valence-electron chi connectivity index (χ3n) is 3.08. The SMILES string of the molecule is CNCC(O)c1cccc(-c2cnc(C(F)F)c(F)c2)c1. The van der Waals surface area contributed by atoms with Crippen molar-refractivity contribution < 1.29 is 18.3 Å². The second-order valence-corrected chi connectivity index (χ2v) is 4.59. The lowest BCUT2D eigenvalue weighted by molar-refractivity contribution is 0.140. The van der Waals surface area contributed by atoms with Crippen LogP contribution in [0.1, 0.15) is 23.8 Å². The molecule has 0 fully saturated rings. The van der Waals surface area contributed by atoms with E-state index >= 15 is 0 Å². The first-order valence-electron chi connectivity index (χ1n) is 6.39. The zero-order chi connectivity index (χ0) is 15.4. The fraction of sp³-hybridized carbons (Fsp3) is 0.267. The number of pyridine rings is 1. The fourth-order valence-corrected chi connectivity index (χ4v) is 2.00. The van der Waals surface area contributed by atoms with E-state index in [1.54, 1.807) is 31.3 Å². The molecule has 0 saturated carbocycles. The summed E-state index contributed by atoms with van der Waals surface area (Å²) in [6, 6.07) is 7.86. The lowest BCUT2D eigenvalue weighted by Crippen LogP contribution is -2.16. The summed E-state index contributed by atoms with van der Waals surface area (Å²) < 4.78 is 38.5. The Morgan fingerprint density at radius 3 is 2.62 bits per heavy atom. The molecule has 21 heavy (non-hydrogen) atoms. The number of rotatable bonds is 5. The van der Waals surface area contributed by atoms with Crippen molar-refractivity contribution in [2.75, 3.05) is 13.6 Å². The molecule has 0 radical (unpaired) electrons. The minimum atomic E-state index is -2.94. The smallest absolute Gasteiger partial charge is 0.283 e. The van der Waals surface area contributed by atoms with Gasteiger partial charge in [-0.25, -0.2) is 13.2 Å². The highest BCUT2D eigenvalue weighted by molar-refractivity contribution is 5.63. The van der Waals surface area contributed by atoms with Crippen LogP contribution in [0.3, 0.4) is 0 Å². The van der Waals surface area contributed by atoms with Crippen molar-refractivity contribution in [3.05, 3.63) is 53.6 Å². The van der Waals surface area contributed by atoms with Gasteiger partial charge in [-0.2, -0.15) is 0 Å². The van der Waals surface area contributed by atoms with Crippen molar-refractivity contribution in [3.63, 3.8) is 0 Å².